The molecule has 1 heterocycles. The lowest BCUT2D eigenvalue weighted by Crippen LogP contribution is -2.46. The SMILES string of the molecule is Cc1ccc(S(=O)(=O)NCCN2CCNCC2)c(C)c1. The molecule has 2 N–H and O–H groups in total. The fourth-order valence-electron chi connectivity index (χ4n) is 2.45. The van der Waals surface area contributed by atoms with Crippen LogP contribution in [0.1, 0.15) is 11.1 Å². The standard InChI is InChI=1S/C14H23N3O2S/c1-12-3-4-14(13(2)11-12)20(18,19)16-7-10-17-8-5-15-6-9-17/h3-4,11,15-16H,5-10H2,1-2H3. The van der Waals surface area contributed by atoms with Gasteiger partial charge in [0.05, 0.1) is 4.90 Å². The highest BCUT2D eigenvalue weighted by molar-refractivity contribution is 7.89. The van der Waals surface area contributed by atoms with E-state index in [0.717, 1.165) is 43.9 Å². The normalized spacial score (nSPS) is 17.3. The van der Waals surface area contributed by atoms with Gasteiger partial charge in [0.1, 0.15) is 0 Å². The molecule has 6 heteroatoms. The second-order valence-corrected chi connectivity index (χ2v) is 6.99. The average Bonchev–Trinajstić information content (AvgIpc) is 2.39. The van der Waals surface area contributed by atoms with E-state index in [1.807, 2.05) is 26.0 Å². The Kier molecular flexibility index (Phi) is 5.15. The number of nitrogens with one attached hydrogen (secondary N) is 2. The quantitative estimate of drug-likeness (QED) is 0.830. The van der Waals surface area contributed by atoms with Crippen LogP contribution in [-0.2, 0) is 10.0 Å². The second-order valence-electron chi connectivity index (χ2n) is 5.26. The van der Waals surface area contributed by atoms with Gasteiger partial charge >= 0.3 is 0 Å². The van der Waals surface area contributed by atoms with Crippen LogP contribution in [0.3, 0.4) is 0 Å². The fourth-order valence-corrected chi connectivity index (χ4v) is 3.70. The molecule has 20 heavy (non-hydrogen) atoms. The highest BCUT2D eigenvalue weighted by Gasteiger charge is 2.17. The van der Waals surface area contributed by atoms with Crippen molar-refractivity contribution in [2.75, 3.05) is 39.3 Å². The van der Waals surface area contributed by atoms with E-state index in [-0.39, 0.29) is 0 Å². The first kappa shape index (κ1) is 15.4. The molecule has 5 nitrogen and oxygen atoms in total. The van der Waals surface area contributed by atoms with Crippen molar-refractivity contribution in [3.05, 3.63) is 29.3 Å². The molecule has 0 amide bonds. The maximum Gasteiger partial charge on any atom is 0.240 e. The third-order valence-corrected chi connectivity index (χ3v) is 5.17. The Morgan fingerprint density at radius 1 is 1.25 bits per heavy atom. The Morgan fingerprint density at radius 2 is 1.95 bits per heavy atom. The molecule has 0 aliphatic carbocycles. The summed E-state index contributed by atoms with van der Waals surface area (Å²) in [5, 5.41) is 3.28. The number of benzene rings is 1. The zero-order valence-corrected chi connectivity index (χ0v) is 13.0. The summed E-state index contributed by atoms with van der Waals surface area (Å²) in [6.45, 7) is 8.91. The zero-order chi connectivity index (χ0) is 14.6. The van der Waals surface area contributed by atoms with E-state index in [4.69, 9.17) is 0 Å². The summed E-state index contributed by atoms with van der Waals surface area (Å²) >= 11 is 0. The van der Waals surface area contributed by atoms with Gasteiger partial charge in [-0.2, -0.15) is 0 Å². The predicted molar refractivity (Wildman–Crippen MR) is 80.4 cm³/mol. The first-order valence-electron chi connectivity index (χ1n) is 6.99. The smallest absolute Gasteiger partial charge is 0.240 e. The monoisotopic (exact) mass is 297 g/mol. The number of hydrogen-bond acceptors (Lipinski definition) is 4. The Bertz CT molecular complexity index is 552. The molecule has 2 rings (SSSR count). The summed E-state index contributed by atoms with van der Waals surface area (Å²) < 4.78 is 27.2. The van der Waals surface area contributed by atoms with Crippen LogP contribution in [0.5, 0.6) is 0 Å². The van der Waals surface area contributed by atoms with Gasteiger partial charge in [-0.25, -0.2) is 13.1 Å². The van der Waals surface area contributed by atoms with Crippen molar-refractivity contribution in [2.24, 2.45) is 0 Å². The Morgan fingerprint density at radius 3 is 2.60 bits per heavy atom. The molecule has 1 fully saturated rings. The summed E-state index contributed by atoms with van der Waals surface area (Å²) in [6, 6.07) is 5.40. The molecule has 0 aromatic heterocycles. The maximum atomic E-state index is 12.3. The van der Waals surface area contributed by atoms with Crippen molar-refractivity contribution in [2.45, 2.75) is 18.7 Å². The van der Waals surface area contributed by atoms with Gasteiger partial charge in [-0.15, -0.1) is 0 Å². The highest BCUT2D eigenvalue weighted by atomic mass is 32.2. The van der Waals surface area contributed by atoms with Gasteiger partial charge < -0.3 is 5.32 Å². The van der Waals surface area contributed by atoms with Gasteiger partial charge in [0.2, 0.25) is 10.0 Å². The lowest BCUT2D eigenvalue weighted by Gasteiger charge is -2.27. The summed E-state index contributed by atoms with van der Waals surface area (Å²) in [5.74, 6) is 0. The highest BCUT2D eigenvalue weighted by Crippen LogP contribution is 2.15. The summed E-state index contributed by atoms with van der Waals surface area (Å²) in [7, 11) is -3.40. The van der Waals surface area contributed by atoms with Gasteiger partial charge in [0, 0.05) is 39.3 Å². The minimum absolute atomic E-state index is 0.378. The van der Waals surface area contributed by atoms with Crippen molar-refractivity contribution in [3.63, 3.8) is 0 Å². The molecule has 112 valence electrons. The van der Waals surface area contributed by atoms with Crippen LogP contribution in [0.25, 0.3) is 0 Å². The number of aryl methyl sites for hydroxylation is 2. The van der Waals surface area contributed by atoms with Gasteiger partial charge in [-0.05, 0) is 25.5 Å². The van der Waals surface area contributed by atoms with Gasteiger partial charge in [-0.1, -0.05) is 17.7 Å². The molecular formula is C14H23N3O2S. The average molecular weight is 297 g/mol. The van der Waals surface area contributed by atoms with Gasteiger partial charge in [-0.3, -0.25) is 4.90 Å². The molecule has 0 atom stereocenters. The predicted octanol–water partition coefficient (Wildman–Crippen LogP) is 0.487. The van der Waals surface area contributed by atoms with Gasteiger partial charge in [0.25, 0.3) is 0 Å². The molecule has 0 radical (unpaired) electrons. The Balaban J connectivity index is 1.93. The third-order valence-electron chi connectivity index (χ3n) is 3.55. The molecule has 1 aliphatic rings. The fraction of sp³-hybridized carbons (Fsp3) is 0.571. The van der Waals surface area contributed by atoms with Crippen molar-refractivity contribution >= 4 is 10.0 Å². The first-order chi connectivity index (χ1) is 9.49. The van der Waals surface area contributed by atoms with Crippen LogP contribution in [0.15, 0.2) is 23.1 Å². The number of nitrogens with zero attached hydrogens (tertiary/aromatic N) is 1. The van der Waals surface area contributed by atoms with Crippen LogP contribution in [0.2, 0.25) is 0 Å². The minimum Gasteiger partial charge on any atom is -0.314 e. The molecule has 0 unspecified atom stereocenters. The molecule has 1 aromatic rings. The van der Waals surface area contributed by atoms with Crippen molar-refractivity contribution in [3.8, 4) is 0 Å². The van der Waals surface area contributed by atoms with Crippen molar-refractivity contribution in [1.82, 2.24) is 14.9 Å². The summed E-state index contributed by atoms with van der Waals surface area (Å²) in [5.41, 5.74) is 1.86. The Labute approximate surface area is 121 Å². The van der Waals surface area contributed by atoms with Crippen LogP contribution in [0, 0.1) is 13.8 Å². The van der Waals surface area contributed by atoms with E-state index in [0.29, 0.717) is 11.4 Å². The third kappa shape index (κ3) is 4.02. The maximum absolute atomic E-state index is 12.3. The second kappa shape index (κ2) is 6.67. The van der Waals surface area contributed by atoms with Crippen LogP contribution in [-0.4, -0.2) is 52.6 Å². The number of rotatable bonds is 5. The topological polar surface area (TPSA) is 61.4 Å². The molecule has 0 spiro atoms. The Hall–Kier alpha value is -0.950. The lowest BCUT2D eigenvalue weighted by molar-refractivity contribution is 0.245. The molecule has 1 aromatic carbocycles. The molecular weight excluding hydrogens is 274 g/mol. The van der Waals surface area contributed by atoms with E-state index in [1.54, 1.807) is 6.07 Å². The van der Waals surface area contributed by atoms with Crippen LogP contribution in [0.4, 0.5) is 0 Å². The van der Waals surface area contributed by atoms with Crippen LogP contribution >= 0.6 is 0 Å². The molecule has 1 aliphatic heterocycles. The molecule has 0 saturated carbocycles. The van der Waals surface area contributed by atoms with E-state index >= 15 is 0 Å². The summed E-state index contributed by atoms with van der Waals surface area (Å²) in [6.07, 6.45) is 0. The summed E-state index contributed by atoms with van der Waals surface area (Å²) in [4.78, 5) is 2.64. The van der Waals surface area contributed by atoms with Gasteiger partial charge in [0.15, 0.2) is 0 Å². The lowest BCUT2D eigenvalue weighted by atomic mass is 10.2. The van der Waals surface area contributed by atoms with E-state index < -0.39 is 10.0 Å². The molecule has 1 saturated heterocycles. The van der Waals surface area contributed by atoms with E-state index in [9.17, 15) is 8.42 Å². The minimum atomic E-state index is -3.40. The van der Waals surface area contributed by atoms with Crippen LogP contribution < -0.4 is 10.0 Å². The van der Waals surface area contributed by atoms with Crippen molar-refractivity contribution < 1.29 is 8.42 Å². The largest absolute Gasteiger partial charge is 0.314 e. The molecule has 0 bridgehead atoms. The van der Waals surface area contributed by atoms with E-state index in [2.05, 4.69) is 14.9 Å². The first-order valence-corrected chi connectivity index (χ1v) is 8.47. The number of hydrogen-bond donors (Lipinski definition) is 2. The van der Waals surface area contributed by atoms with E-state index in [1.165, 1.54) is 0 Å². The number of sulfonamides is 1. The van der Waals surface area contributed by atoms with Crippen molar-refractivity contribution in [1.29, 1.82) is 0 Å². The zero-order valence-electron chi connectivity index (χ0n) is 12.1. The number of piperazine rings is 1.